The molecule has 0 aliphatic rings. The fraction of sp³-hybridized carbons (Fsp3) is 0.457. The second-order valence-corrected chi connectivity index (χ2v) is 12.8. The fourth-order valence-electron chi connectivity index (χ4n) is 5.00. The second-order valence-electron chi connectivity index (χ2n) is 12.8. The number of aliphatic carboxylic acids is 1. The minimum Gasteiger partial charge on any atom is -0.508 e. The summed E-state index contributed by atoms with van der Waals surface area (Å²) < 4.78 is 0. The lowest BCUT2D eigenvalue weighted by molar-refractivity contribution is -0.142. The van der Waals surface area contributed by atoms with Gasteiger partial charge in [-0.25, -0.2) is 4.79 Å². The topological polar surface area (TPSA) is 293 Å². The molecule has 0 aromatic heterocycles. The van der Waals surface area contributed by atoms with Crippen molar-refractivity contribution in [1.29, 1.82) is 0 Å². The van der Waals surface area contributed by atoms with Gasteiger partial charge in [-0.2, -0.15) is 0 Å². The summed E-state index contributed by atoms with van der Waals surface area (Å²) in [7, 11) is 0. The van der Waals surface area contributed by atoms with Gasteiger partial charge in [-0.15, -0.1) is 0 Å². The summed E-state index contributed by atoms with van der Waals surface area (Å²) in [6.45, 7) is 4.71. The molecule has 0 aliphatic heterocycles. The minimum atomic E-state index is -1.27. The van der Waals surface area contributed by atoms with Gasteiger partial charge in [-0.3, -0.25) is 29.0 Å². The molecule has 0 saturated heterocycles. The van der Waals surface area contributed by atoms with Crippen molar-refractivity contribution >= 4 is 41.5 Å². The predicted octanol–water partition coefficient (Wildman–Crippen LogP) is -1.24. The van der Waals surface area contributed by atoms with Gasteiger partial charge in [0, 0.05) is 13.0 Å². The van der Waals surface area contributed by atoms with E-state index < -0.39 is 72.3 Å². The SMILES string of the molecule is CC(C)C[C@H](NC(=O)[C@@H](Cc1ccccc1)NC(=O)CNC(=O)[C@@H](C)NC(=O)[C@H](N)Cc1ccc(O)cc1)C(=O)N[C@@H](CCCN=C(N)N)C(=O)O. The van der Waals surface area contributed by atoms with Crippen LogP contribution in [0.2, 0.25) is 0 Å². The van der Waals surface area contributed by atoms with Crippen LogP contribution < -0.4 is 43.8 Å². The lowest BCUT2D eigenvalue weighted by Gasteiger charge is -2.26. The van der Waals surface area contributed by atoms with E-state index >= 15 is 0 Å². The highest BCUT2D eigenvalue weighted by molar-refractivity contribution is 5.95. The van der Waals surface area contributed by atoms with Gasteiger partial charge in [-0.05, 0) is 61.8 Å². The maximum Gasteiger partial charge on any atom is 0.326 e. The Hall–Kier alpha value is -5.71. The van der Waals surface area contributed by atoms with Crippen LogP contribution in [0.3, 0.4) is 0 Å². The van der Waals surface area contributed by atoms with Crippen LogP contribution in [0, 0.1) is 5.92 Å². The number of phenols is 1. The molecule has 13 N–H and O–H groups in total. The Morgan fingerprint density at radius 1 is 0.731 bits per heavy atom. The van der Waals surface area contributed by atoms with Crippen LogP contribution in [0.4, 0.5) is 0 Å². The Balaban J connectivity index is 2.06. The third-order valence-corrected chi connectivity index (χ3v) is 7.74. The molecule has 0 fully saturated rings. The Kier molecular flexibility index (Phi) is 17.5. The number of nitrogens with zero attached hydrogens (tertiary/aromatic N) is 1. The molecule has 0 saturated carbocycles. The number of carbonyl (C=O) groups is 6. The molecule has 0 bridgehead atoms. The van der Waals surface area contributed by atoms with E-state index in [1.807, 2.05) is 13.8 Å². The number of aromatic hydroxyl groups is 1. The number of nitrogens with one attached hydrogen (secondary N) is 5. The molecule has 2 aromatic carbocycles. The monoisotopic (exact) mass is 725 g/mol. The van der Waals surface area contributed by atoms with Crippen molar-refractivity contribution in [2.24, 2.45) is 28.1 Å². The first-order chi connectivity index (χ1) is 24.5. The second kappa shape index (κ2) is 21.5. The molecule has 0 unspecified atom stereocenters. The molecular weight excluding hydrogens is 674 g/mol. The van der Waals surface area contributed by atoms with E-state index in [2.05, 4.69) is 31.6 Å². The van der Waals surface area contributed by atoms with Crippen molar-refractivity contribution in [2.75, 3.05) is 13.1 Å². The maximum atomic E-state index is 13.6. The zero-order valence-corrected chi connectivity index (χ0v) is 29.6. The molecule has 2 rings (SSSR count). The van der Waals surface area contributed by atoms with Crippen LogP contribution in [0.5, 0.6) is 5.75 Å². The Morgan fingerprint density at radius 3 is 1.92 bits per heavy atom. The van der Waals surface area contributed by atoms with Gasteiger partial charge in [0.05, 0.1) is 12.6 Å². The molecule has 52 heavy (non-hydrogen) atoms. The first-order valence-corrected chi connectivity index (χ1v) is 16.9. The number of hydrogen-bond acceptors (Lipinski definition) is 9. The van der Waals surface area contributed by atoms with Gasteiger partial charge in [0.1, 0.15) is 29.9 Å². The van der Waals surface area contributed by atoms with Crippen LogP contribution in [0.1, 0.15) is 51.2 Å². The van der Waals surface area contributed by atoms with Gasteiger partial charge in [0.25, 0.3) is 0 Å². The number of carboxylic acids is 1. The lowest BCUT2D eigenvalue weighted by Crippen LogP contribution is -2.57. The summed E-state index contributed by atoms with van der Waals surface area (Å²) >= 11 is 0. The quantitative estimate of drug-likeness (QED) is 0.0413. The number of benzene rings is 2. The summed E-state index contributed by atoms with van der Waals surface area (Å²) in [5.74, 6) is -4.83. The molecular formula is C35H51N9O8. The molecule has 0 radical (unpaired) electrons. The van der Waals surface area contributed by atoms with Gasteiger partial charge in [0.15, 0.2) is 5.96 Å². The molecule has 0 spiro atoms. The van der Waals surface area contributed by atoms with E-state index in [1.165, 1.54) is 19.1 Å². The molecule has 17 nitrogen and oxygen atoms in total. The third-order valence-electron chi connectivity index (χ3n) is 7.74. The van der Waals surface area contributed by atoms with E-state index in [0.29, 0.717) is 11.1 Å². The zero-order chi connectivity index (χ0) is 38.8. The summed E-state index contributed by atoms with van der Waals surface area (Å²) in [5.41, 5.74) is 18.0. The standard InChI is InChI=1S/C35H51N9O8/c1-20(2)16-27(32(49)43-26(34(51)52)10-7-15-39-35(37)38)44-33(50)28(18-22-8-5-4-6-9-22)42-29(46)19-40-30(47)21(3)41-31(48)25(36)17-23-11-13-24(45)14-12-23/h4-6,8-9,11-14,20-21,25-28,45H,7,10,15-19,36H2,1-3H3,(H,40,47)(H,41,48)(H,42,46)(H,43,49)(H,44,50)(H,51,52)(H4,37,38,39)/t21-,25-,26+,27+,28-/m1/s1. The largest absolute Gasteiger partial charge is 0.508 e. The van der Waals surface area contributed by atoms with E-state index in [1.54, 1.807) is 42.5 Å². The van der Waals surface area contributed by atoms with Gasteiger partial charge < -0.3 is 54.0 Å². The van der Waals surface area contributed by atoms with Crippen molar-refractivity contribution in [3.05, 3.63) is 65.7 Å². The normalized spacial score (nSPS) is 13.7. The van der Waals surface area contributed by atoms with E-state index in [0.717, 1.165) is 0 Å². The van der Waals surface area contributed by atoms with E-state index in [-0.39, 0.29) is 56.3 Å². The number of carboxylic acid groups (broad SMARTS) is 1. The van der Waals surface area contributed by atoms with Crippen LogP contribution >= 0.6 is 0 Å². The summed E-state index contributed by atoms with van der Waals surface area (Å²) in [6.07, 6.45) is 0.679. The van der Waals surface area contributed by atoms with Crippen LogP contribution in [0.15, 0.2) is 59.6 Å². The first-order valence-electron chi connectivity index (χ1n) is 16.9. The Morgan fingerprint density at radius 2 is 1.33 bits per heavy atom. The Labute approximate surface area is 302 Å². The molecule has 5 atom stereocenters. The number of hydrogen-bond donors (Lipinski definition) is 10. The maximum absolute atomic E-state index is 13.6. The zero-order valence-electron chi connectivity index (χ0n) is 29.6. The van der Waals surface area contributed by atoms with Crippen LogP contribution in [0.25, 0.3) is 0 Å². The average Bonchev–Trinajstić information content (AvgIpc) is 3.08. The molecule has 2 aromatic rings. The van der Waals surface area contributed by atoms with Gasteiger partial charge in [-0.1, -0.05) is 56.3 Å². The van der Waals surface area contributed by atoms with Crippen LogP contribution in [-0.4, -0.2) is 95.0 Å². The number of guanidine groups is 1. The van der Waals surface area contributed by atoms with Crippen molar-refractivity contribution in [2.45, 2.75) is 83.1 Å². The highest BCUT2D eigenvalue weighted by atomic mass is 16.4. The number of amides is 5. The third kappa shape index (κ3) is 15.9. The van der Waals surface area contributed by atoms with Crippen molar-refractivity contribution in [3.8, 4) is 5.75 Å². The highest BCUT2D eigenvalue weighted by Crippen LogP contribution is 2.12. The molecule has 0 aliphatic carbocycles. The molecule has 17 heteroatoms. The molecule has 5 amide bonds. The highest BCUT2D eigenvalue weighted by Gasteiger charge is 2.30. The molecule has 284 valence electrons. The predicted molar refractivity (Wildman–Crippen MR) is 193 cm³/mol. The number of aliphatic imine (C=N–C) groups is 1. The van der Waals surface area contributed by atoms with Gasteiger partial charge >= 0.3 is 5.97 Å². The lowest BCUT2D eigenvalue weighted by atomic mass is 10.0. The smallest absolute Gasteiger partial charge is 0.326 e. The fourth-order valence-corrected chi connectivity index (χ4v) is 5.00. The van der Waals surface area contributed by atoms with Crippen molar-refractivity contribution in [1.82, 2.24) is 26.6 Å². The van der Waals surface area contributed by atoms with E-state index in [9.17, 15) is 39.0 Å². The number of carbonyl (C=O) groups excluding carboxylic acids is 5. The number of phenolic OH excluding ortho intramolecular Hbond substituents is 1. The number of nitrogens with two attached hydrogens (primary N) is 3. The van der Waals surface area contributed by atoms with Crippen molar-refractivity contribution < 1.29 is 39.0 Å². The minimum absolute atomic E-state index is 0.0352. The molecule has 0 heterocycles. The van der Waals surface area contributed by atoms with E-state index in [4.69, 9.17) is 17.2 Å². The summed E-state index contributed by atoms with van der Waals surface area (Å²) in [5, 5.41) is 31.8. The van der Waals surface area contributed by atoms with Crippen molar-refractivity contribution in [3.63, 3.8) is 0 Å². The summed E-state index contributed by atoms with van der Waals surface area (Å²) in [4.78, 5) is 80.9. The Bertz CT molecular complexity index is 1530. The van der Waals surface area contributed by atoms with Crippen LogP contribution in [-0.2, 0) is 41.6 Å². The summed E-state index contributed by atoms with van der Waals surface area (Å²) in [6, 6.07) is 9.37. The average molecular weight is 726 g/mol. The van der Waals surface area contributed by atoms with Gasteiger partial charge in [0.2, 0.25) is 29.5 Å². The first kappa shape index (κ1) is 42.5. The number of rotatable bonds is 21.